The van der Waals surface area contributed by atoms with Gasteiger partial charge in [-0.25, -0.2) is 4.98 Å². The highest BCUT2D eigenvalue weighted by Crippen LogP contribution is 2.25. The van der Waals surface area contributed by atoms with Crippen LogP contribution in [0.1, 0.15) is 34.8 Å². The van der Waals surface area contributed by atoms with Gasteiger partial charge in [0, 0.05) is 23.3 Å². The van der Waals surface area contributed by atoms with Gasteiger partial charge in [-0.1, -0.05) is 18.2 Å². The zero-order chi connectivity index (χ0) is 18.8. The van der Waals surface area contributed by atoms with Crippen LogP contribution >= 0.6 is 0 Å². The number of para-hydroxylation sites is 1. The number of carbonyl (C=O) groups is 1. The number of fused-ring (bicyclic) bond motifs is 1. The molecule has 5 nitrogen and oxygen atoms in total. The summed E-state index contributed by atoms with van der Waals surface area (Å²) in [4.78, 5) is 21.9. The summed E-state index contributed by atoms with van der Waals surface area (Å²) < 4.78 is 5.63. The van der Waals surface area contributed by atoms with Gasteiger partial charge in [-0.05, 0) is 50.2 Å². The largest absolute Gasteiger partial charge is 0.464 e. The SMILES string of the molecule is Cc1ccc(C(C)NC(=O)c2cc(-c3cccnc3)nc3ccccc23)o1. The number of nitrogens with zero attached hydrogens (tertiary/aromatic N) is 2. The smallest absolute Gasteiger partial charge is 0.252 e. The maximum absolute atomic E-state index is 13.0. The molecule has 1 N–H and O–H groups in total. The summed E-state index contributed by atoms with van der Waals surface area (Å²) in [7, 11) is 0. The zero-order valence-corrected chi connectivity index (χ0v) is 15.1. The van der Waals surface area contributed by atoms with Crippen LogP contribution in [0.5, 0.6) is 0 Å². The Balaban J connectivity index is 1.74. The molecule has 1 aromatic carbocycles. The molecule has 1 amide bonds. The van der Waals surface area contributed by atoms with E-state index in [0.717, 1.165) is 28.0 Å². The Hall–Kier alpha value is -3.47. The number of nitrogens with one attached hydrogen (secondary N) is 1. The standard InChI is InChI=1S/C22H19N3O2/c1-14-9-10-21(27-14)15(2)24-22(26)18-12-20(16-6-5-11-23-13-16)25-19-8-4-3-7-17(18)19/h3-13,15H,1-2H3,(H,24,26). The van der Waals surface area contributed by atoms with E-state index < -0.39 is 0 Å². The van der Waals surface area contributed by atoms with E-state index in [0.29, 0.717) is 11.3 Å². The average Bonchev–Trinajstić information content (AvgIpc) is 3.14. The van der Waals surface area contributed by atoms with Crippen LogP contribution in [-0.4, -0.2) is 15.9 Å². The molecule has 0 radical (unpaired) electrons. The van der Waals surface area contributed by atoms with Gasteiger partial charge in [0.1, 0.15) is 11.5 Å². The van der Waals surface area contributed by atoms with E-state index in [9.17, 15) is 4.79 Å². The minimum atomic E-state index is -0.236. The van der Waals surface area contributed by atoms with Crippen LogP contribution in [0.25, 0.3) is 22.2 Å². The quantitative estimate of drug-likeness (QED) is 0.575. The van der Waals surface area contributed by atoms with Crippen LogP contribution in [-0.2, 0) is 0 Å². The van der Waals surface area contributed by atoms with Crippen molar-refractivity contribution in [1.29, 1.82) is 0 Å². The summed E-state index contributed by atoms with van der Waals surface area (Å²) in [5, 5.41) is 3.83. The predicted octanol–water partition coefficient (Wildman–Crippen LogP) is 4.69. The van der Waals surface area contributed by atoms with Crippen LogP contribution in [0, 0.1) is 6.92 Å². The molecular formula is C22H19N3O2. The van der Waals surface area contributed by atoms with E-state index in [1.807, 2.05) is 68.4 Å². The van der Waals surface area contributed by atoms with Crippen molar-refractivity contribution in [2.24, 2.45) is 0 Å². The predicted molar refractivity (Wildman–Crippen MR) is 104 cm³/mol. The number of rotatable bonds is 4. The summed E-state index contributed by atoms with van der Waals surface area (Å²) in [5.41, 5.74) is 2.93. The second kappa shape index (κ2) is 7.03. The van der Waals surface area contributed by atoms with Gasteiger partial charge in [-0.3, -0.25) is 9.78 Å². The molecule has 0 aliphatic heterocycles. The number of aromatic nitrogens is 2. The van der Waals surface area contributed by atoms with Gasteiger partial charge in [-0.15, -0.1) is 0 Å². The number of hydrogen-bond donors (Lipinski definition) is 1. The maximum atomic E-state index is 13.0. The monoisotopic (exact) mass is 357 g/mol. The molecule has 27 heavy (non-hydrogen) atoms. The first kappa shape index (κ1) is 17.0. The van der Waals surface area contributed by atoms with Crippen molar-refractivity contribution in [2.45, 2.75) is 19.9 Å². The highest BCUT2D eigenvalue weighted by Gasteiger charge is 2.18. The van der Waals surface area contributed by atoms with Gasteiger partial charge in [0.05, 0.1) is 22.8 Å². The van der Waals surface area contributed by atoms with Gasteiger partial charge in [0.15, 0.2) is 0 Å². The lowest BCUT2D eigenvalue weighted by molar-refractivity contribution is 0.0936. The molecule has 3 heterocycles. The summed E-state index contributed by atoms with van der Waals surface area (Å²) >= 11 is 0. The van der Waals surface area contributed by atoms with Crippen LogP contribution in [0.3, 0.4) is 0 Å². The molecule has 4 aromatic rings. The van der Waals surface area contributed by atoms with Gasteiger partial charge in [-0.2, -0.15) is 0 Å². The third-order valence-electron chi connectivity index (χ3n) is 4.45. The summed E-state index contributed by atoms with van der Waals surface area (Å²) in [5.74, 6) is 1.38. The van der Waals surface area contributed by atoms with Crippen molar-refractivity contribution in [1.82, 2.24) is 15.3 Å². The number of carbonyl (C=O) groups excluding carboxylic acids is 1. The molecule has 0 saturated carbocycles. The normalized spacial score (nSPS) is 12.1. The van der Waals surface area contributed by atoms with Crippen molar-refractivity contribution in [3.8, 4) is 11.3 Å². The Morgan fingerprint density at radius 1 is 1.11 bits per heavy atom. The molecule has 4 rings (SSSR count). The van der Waals surface area contributed by atoms with Crippen molar-refractivity contribution >= 4 is 16.8 Å². The fourth-order valence-electron chi connectivity index (χ4n) is 3.06. The Kier molecular flexibility index (Phi) is 4.42. The first-order valence-electron chi connectivity index (χ1n) is 8.79. The molecular weight excluding hydrogens is 338 g/mol. The van der Waals surface area contributed by atoms with Crippen LogP contribution in [0.2, 0.25) is 0 Å². The second-order valence-corrected chi connectivity index (χ2v) is 6.46. The molecule has 3 aromatic heterocycles. The van der Waals surface area contributed by atoms with Crippen molar-refractivity contribution < 1.29 is 9.21 Å². The Bertz CT molecular complexity index is 1100. The minimum Gasteiger partial charge on any atom is -0.464 e. The van der Waals surface area contributed by atoms with Gasteiger partial charge >= 0.3 is 0 Å². The fraction of sp³-hybridized carbons (Fsp3) is 0.136. The summed E-state index contributed by atoms with van der Waals surface area (Å²) in [6.45, 7) is 3.79. The molecule has 5 heteroatoms. The first-order chi connectivity index (χ1) is 13.1. The third kappa shape index (κ3) is 3.44. The molecule has 0 aliphatic carbocycles. The number of aryl methyl sites for hydroxylation is 1. The van der Waals surface area contributed by atoms with Crippen LogP contribution in [0.15, 0.2) is 71.4 Å². The Labute approximate surface area is 157 Å². The molecule has 0 saturated heterocycles. The van der Waals surface area contributed by atoms with E-state index in [4.69, 9.17) is 9.40 Å². The van der Waals surface area contributed by atoms with Gasteiger partial charge in [0.2, 0.25) is 0 Å². The Morgan fingerprint density at radius 2 is 1.96 bits per heavy atom. The highest BCUT2D eigenvalue weighted by atomic mass is 16.3. The van der Waals surface area contributed by atoms with E-state index in [1.165, 1.54) is 0 Å². The zero-order valence-electron chi connectivity index (χ0n) is 15.1. The number of pyridine rings is 2. The topological polar surface area (TPSA) is 68.0 Å². The minimum absolute atomic E-state index is 0.166. The summed E-state index contributed by atoms with van der Waals surface area (Å²) in [6, 6.07) is 16.8. The lowest BCUT2D eigenvalue weighted by Crippen LogP contribution is -2.26. The van der Waals surface area contributed by atoms with E-state index >= 15 is 0 Å². The number of benzene rings is 1. The molecule has 0 spiro atoms. The van der Waals surface area contributed by atoms with Crippen molar-refractivity contribution in [3.63, 3.8) is 0 Å². The molecule has 0 fully saturated rings. The maximum Gasteiger partial charge on any atom is 0.252 e. The van der Waals surface area contributed by atoms with Crippen molar-refractivity contribution in [2.75, 3.05) is 0 Å². The Morgan fingerprint density at radius 3 is 2.70 bits per heavy atom. The molecule has 1 unspecified atom stereocenters. The number of furan rings is 1. The van der Waals surface area contributed by atoms with E-state index in [2.05, 4.69) is 10.3 Å². The van der Waals surface area contributed by atoms with Crippen LogP contribution < -0.4 is 5.32 Å². The lowest BCUT2D eigenvalue weighted by Gasteiger charge is -2.14. The number of hydrogen-bond acceptors (Lipinski definition) is 4. The highest BCUT2D eigenvalue weighted by molar-refractivity contribution is 6.07. The lowest BCUT2D eigenvalue weighted by atomic mass is 10.0. The number of amides is 1. The first-order valence-corrected chi connectivity index (χ1v) is 8.79. The van der Waals surface area contributed by atoms with Crippen molar-refractivity contribution in [3.05, 3.63) is 84.1 Å². The summed E-state index contributed by atoms with van der Waals surface area (Å²) in [6.07, 6.45) is 3.46. The fourth-order valence-corrected chi connectivity index (χ4v) is 3.06. The molecule has 0 bridgehead atoms. The second-order valence-electron chi connectivity index (χ2n) is 6.46. The van der Waals surface area contributed by atoms with Crippen LogP contribution in [0.4, 0.5) is 0 Å². The van der Waals surface area contributed by atoms with Gasteiger partial charge < -0.3 is 9.73 Å². The molecule has 0 aliphatic rings. The third-order valence-corrected chi connectivity index (χ3v) is 4.45. The van der Waals surface area contributed by atoms with E-state index in [1.54, 1.807) is 12.4 Å². The average molecular weight is 357 g/mol. The van der Waals surface area contributed by atoms with E-state index in [-0.39, 0.29) is 11.9 Å². The van der Waals surface area contributed by atoms with Gasteiger partial charge in [0.25, 0.3) is 5.91 Å². The molecule has 134 valence electrons. The molecule has 1 atom stereocenters.